The molecule has 1 aliphatic heterocycles. The Morgan fingerprint density at radius 2 is 2.00 bits per heavy atom. The topological polar surface area (TPSA) is 50.8 Å². The maximum Gasteiger partial charge on any atom is 0.224 e. The molecule has 1 saturated carbocycles. The molecule has 1 heterocycles. The zero-order chi connectivity index (χ0) is 17.6. The van der Waals surface area contributed by atoms with Crippen molar-refractivity contribution in [1.29, 1.82) is 0 Å². The number of carbonyl (C=O) groups excluding carboxylic acids is 1. The van der Waals surface area contributed by atoms with Crippen LogP contribution in [0.4, 0.5) is 0 Å². The Hall–Kier alpha value is -1.75. The number of rotatable bonds is 4. The minimum absolute atomic E-state index is 0.120. The normalized spacial score (nSPS) is 25.1. The molecular weight excluding hydrogens is 316 g/mol. The number of hydrogen-bond donors (Lipinski definition) is 1. The highest BCUT2D eigenvalue weighted by atomic mass is 16.5. The minimum Gasteiger partial charge on any atom is -0.493 e. The lowest BCUT2D eigenvalue weighted by Gasteiger charge is -2.34. The van der Waals surface area contributed by atoms with Gasteiger partial charge >= 0.3 is 0 Å². The summed E-state index contributed by atoms with van der Waals surface area (Å²) in [7, 11) is 3.36. The van der Waals surface area contributed by atoms with Crippen molar-refractivity contribution in [3.63, 3.8) is 0 Å². The molecule has 2 aliphatic rings. The Kier molecular flexibility index (Phi) is 6.19. The zero-order valence-corrected chi connectivity index (χ0v) is 15.4. The third-order valence-corrected chi connectivity index (χ3v) is 5.56. The fourth-order valence-electron chi connectivity index (χ4n) is 4.30. The molecule has 25 heavy (non-hydrogen) atoms. The molecule has 2 unspecified atom stereocenters. The van der Waals surface area contributed by atoms with Crippen LogP contribution in [0.3, 0.4) is 0 Å². The first-order chi connectivity index (χ1) is 12.2. The van der Waals surface area contributed by atoms with Crippen LogP contribution in [0.5, 0.6) is 11.5 Å². The summed E-state index contributed by atoms with van der Waals surface area (Å²) in [5.74, 6) is 1.93. The average molecular weight is 346 g/mol. The first-order valence-corrected chi connectivity index (χ1v) is 9.46. The van der Waals surface area contributed by atoms with Gasteiger partial charge in [-0.1, -0.05) is 25.0 Å². The van der Waals surface area contributed by atoms with Gasteiger partial charge in [-0.25, -0.2) is 0 Å². The molecule has 2 atom stereocenters. The summed E-state index contributed by atoms with van der Waals surface area (Å²) in [6.07, 6.45) is 6.63. The number of amides is 1. The Labute approximate surface area is 150 Å². The van der Waals surface area contributed by atoms with Gasteiger partial charge in [-0.2, -0.15) is 0 Å². The van der Waals surface area contributed by atoms with Crippen molar-refractivity contribution in [2.75, 3.05) is 27.3 Å². The summed E-state index contributed by atoms with van der Waals surface area (Å²) in [6.45, 7) is 2.66. The molecule has 0 radical (unpaired) electrons. The number of hydrogen-bond acceptors (Lipinski definition) is 4. The van der Waals surface area contributed by atoms with Crippen LogP contribution in [-0.2, 0) is 11.3 Å². The van der Waals surface area contributed by atoms with E-state index in [1.165, 1.54) is 6.42 Å². The molecule has 2 fully saturated rings. The first kappa shape index (κ1) is 18.1. The fraction of sp³-hybridized carbons (Fsp3) is 0.650. The van der Waals surface area contributed by atoms with E-state index in [0.29, 0.717) is 6.04 Å². The maximum atomic E-state index is 12.6. The number of para-hydroxylation sites is 1. The lowest BCUT2D eigenvalue weighted by atomic mass is 9.98. The quantitative estimate of drug-likeness (QED) is 0.911. The minimum atomic E-state index is 0.120. The Balaban J connectivity index is 1.84. The van der Waals surface area contributed by atoms with Crippen molar-refractivity contribution in [2.24, 2.45) is 5.92 Å². The van der Waals surface area contributed by atoms with Crippen molar-refractivity contribution < 1.29 is 14.3 Å². The van der Waals surface area contributed by atoms with Crippen molar-refractivity contribution in [2.45, 2.75) is 51.1 Å². The van der Waals surface area contributed by atoms with Crippen molar-refractivity contribution in [1.82, 2.24) is 10.2 Å². The summed E-state index contributed by atoms with van der Waals surface area (Å²) in [4.78, 5) is 15.1. The summed E-state index contributed by atoms with van der Waals surface area (Å²) >= 11 is 0. The molecule has 1 aromatic carbocycles. The number of methoxy groups -OCH3 is 2. The van der Waals surface area contributed by atoms with E-state index < -0.39 is 0 Å². The number of fused-ring (bicyclic) bond motifs is 1. The second-order valence-electron chi connectivity index (χ2n) is 7.08. The lowest BCUT2D eigenvalue weighted by Crippen LogP contribution is -2.45. The monoisotopic (exact) mass is 346 g/mol. The van der Waals surface area contributed by atoms with Crippen LogP contribution in [-0.4, -0.2) is 44.2 Å². The summed E-state index contributed by atoms with van der Waals surface area (Å²) in [5.41, 5.74) is 1.13. The van der Waals surface area contributed by atoms with Crippen LogP contribution in [0.25, 0.3) is 0 Å². The van der Waals surface area contributed by atoms with E-state index in [0.717, 1.165) is 68.8 Å². The maximum absolute atomic E-state index is 12.6. The largest absolute Gasteiger partial charge is 0.493 e. The van der Waals surface area contributed by atoms with Gasteiger partial charge in [0.2, 0.25) is 5.91 Å². The van der Waals surface area contributed by atoms with Gasteiger partial charge in [-0.05, 0) is 38.3 Å². The van der Waals surface area contributed by atoms with E-state index in [9.17, 15) is 4.79 Å². The van der Waals surface area contributed by atoms with Crippen LogP contribution in [0, 0.1) is 5.92 Å². The lowest BCUT2D eigenvalue weighted by molar-refractivity contribution is -0.126. The van der Waals surface area contributed by atoms with E-state index in [4.69, 9.17) is 9.47 Å². The van der Waals surface area contributed by atoms with Gasteiger partial charge in [0, 0.05) is 24.7 Å². The summed E-state index contributed by atoms with van der Waals surface area (Å²) < 4.78 is 11.1. The van der Waals surface area contributed by atoms with Gasteiger partial charge in [0.25, 0.3) is 0 Å². The molecule has 0 bridgehead atoms. The van der Waals surface area contributed by atoms with Gasteiger partial charge in [0.05, 0.1) is 20.1 Å². The van der Waals surface area contributed by atoms with Crippen LogP contribution >= 0.6 is 0 Å². The number of benzene rings is 1. The molecule has 5 heteroatoms. The number of ether oxygens (including phenoxy) is 2. The second kappa shape index (κ2) is 8.56. The molecule has 5 nitrogen and oxygen atoms in total. The molecule has 1 amide bonds. The van der Waals surface area contributed by atoms with Gasteiger partial charge < -0.3 is 14.8 Å². The van der Waals surface area contributed by atoms with E-state index in [-0.39, 0.29) is 11.8 Å². The Morgan fingerprint density at radius 1 is 1.12 bits per heavy atom. The van der Waals surface area contributed by atoms with E-state index in [1.54, 1.807) is 14.2 Å². The van der Waals surface area contributed by atoms with E-state index >= 15 is 0 Å². The highest BCUT2D eigenvalue weighted by molar-refractivity contribution is 5.79. The molecule has 0 aromatic heterocycles. The van der Waals surface area contributed by atoms with Crippen LogP contribution in [0.2, 0.25) is 0 Å². The molecule has 0 spiro atoms. The van der Waals surface area contributed by atoms with Gasteiger partial charge in [-0.15, -0.1) is 0 Å². The van der Waals surface area contributed by atoms with Crippen LogP contribution < -0.4 is 14.8 Å². The summed E-state index contributed by atoms with van der Waals surface area (Å²) in [6, 6.07) is 6.37. The molecule has 1 N–H and O–H groups in total. The first-order valence-electron chi connectivity index (χ1n) is 9.46. The SMILES string of the molecule is COc1cccc(CN2CCCCCNC(=O)C3CCCC32)c1OC. The second-order valence-corrected chi connectivity index (χ2v) is 7.08. The standard InChI is InChI=1S/C20H30N2O3/c1-24-18-11-6-8-15(19(18)25-2)14-22-13-5-3-4-12-21-20(23)16-9-7-10-17(16)22/h6,8,11,16-17H,3-5,7,9-10,12-14H2,1-2H3,(H,21,23). The predicted octanol–water partition coefficient (Wildman–Crippen LogP) is 2.97. The zero-order valence-electron chi connectivity index (χ0n) is 15.4. The highest BCUT2D eigenvalue weighted by Crippen LogP contribution is 2.35. The number of carbonyl (C=O) groups is 1. The van der Waals surface area contributed by atoms with Gasteiger partial charge in [0.1, 0.15) is 0 Å². The number of nitrogens with one attached hydrogen (secondary N) is 1. The van der Waals surface area contributed by atoms with Gasteiger partial charge in [-0.3, -0.25) is 9.69 Å². The Morgan fingerprint density at radius 3 is 2.80 bits per heavy atom. The fourth-order valence-corrected chi connectivity index (χ4v) is 4.30. The molecule has 1 aliphatic carbocycles. The third-order valence-electron chi connectivity index (χ3n) is 5.56. The highest BCUT2D eigenvalue weighted by Gasteiger charge is 2.37. The molecular formula is C20H30N2O3. The van der Waals surface area contributed by atoms with Crippen molar-refractivity contribution >= 4 is 5.91 Å². The van der Waals surface area contributed by atoms with E-state index in [1.807, 2.05) is 12.1 Å². The molecule has 3 rings (SSSR count). The van der Waals surface area contributed by atoms with E-state index in [2.05, 4.69) is 16.3 Å². The Bertz CT molecular complexity index is 590. The smallest absolute Gasteiger partial charge is 0.224 e. The number of nitrogens with zero attached hydrogens (tertiary/aromatic N) is 1. The van der Waals surface area contributed by atoms with Gasteiger partial charge in [0.15, 0.2) is 11.5 Å². The molecule has 138 valence electrons. The average Bonchev–Trinajstić information content (AvgIpc) is 3.12. The summed E-state index contributed by atoms with van der Waals surface area (Å²) in [5, 5.41) is 3.14. The van der Waals surface area contributed by atoms with Crippen molar-refractivity contribution in [3.05, 3.63) is 23.8 Å². The predicted molar refractivity (Wildman–Crippen MR) is 97.9 cm³/mol. The van der Waals surface area contributed by atoms with Crippen LogP contribution in [0.1, 0.15) is 44.1 Å². The molecule has 1 saturated heterocycles. The molecule has 1 aromatic rings. The third kappa shape index (κ3) is 4.09. The van der Waals surface area contributed by atoms with Crippen LogP contribution in [0.15, 0.2) is 18.2 Å². The van der Waals surface area contributed by atoms with Crippen molar-refractivity contribution in [3.8, 4) is 11.5 Å².